The Morgan fingerprint density at radius 2 is 1.94 bits per heavy atom. The van der Waals surface area contributed by atoms with Gasteiger partial charge in [0.2, 0.25) is 5.91 Å². The molecule has 1 unspecified atom stereocenters. The number of hydrogen-bond acceptors (Lipinski definition) is 3. The third kappa shape index (κ3) is 2.64. The first-order valence-electron chi connectivity index (χ1n) is 6.39. The molecule has 1 amide bonds. The molecule has 0 fully saturated rings. The van der Waals surface area contributed by atoms with E-state index in [4.69, 9.17) is 5.73 Å². The molecule has 0 saturated carbocycles. The van der Waals surface area contributed by atoms with E-state index in [1.807, 2.05) is 32.9 Å². The van der Waals surface area contributed by atoms with Gasteiger partial charge in [-0.15, -0.1) is 0 Å². The Kier molecular flexibility index (Phi) is 3.57. The molecular formula is C14H21N3O. The van der Waals surface area contributed by atoms with Crippen LogP contribution >= 0.6 is 0 Å². The highest BCUT2D eigenvalue weighted by atomic mass is 16.2. The smallest absolute Gasteiger partial charge is 0.237 e. The lowest BCUT2D eigenvalue weighted by Crippen LogP contribution is -2.45. The Hall–Kier alpha value is -1.55. The summed E-state index contributed by atoms with van der Waals surface area (Å²) < 4.78 is 0. The molecule has 1 aromatic carbocycles. The minimum atomic E-state index is -0.110. The largest absolute Gasteiger partial charge is 0.399 e. The fourth-order valence-electron chi connectivity index (χ4n) is 2.29. The van der Waals surface area contributed by atoms with Gasteiger partial charge in [0.15, 0.2) is 0 Å². The van der Waals surface area contributed by atoms with E-state index in [-0.39, 0.29) is 18.0 Å². The van der Waals surface area contributed by atoms with Crippen LogP contribution in [0.4, 0.5) is 5.69 Å². The summed E-state index contributed by atoms with van der Waals surface area (Å²) >= 11 is 0. The number of rotatable bonds is 3. The van der Waals surface area contributed by atoms with E-state index < -0.39 is 0 Å². The lowest BCUT2D eigenvalue weighted by molar-refractivity contribution is -0.126. The number of carbonyl (C=O) groups excluding carboxylic acids is 1. The van der Waals surface area contributed by atoms with Gasteiger partial charge < -0.3 is 11.1 Å². The van der Waals surface area contributed by atoms with Gasteiger partial charge >= 0.3 is 0 Å². The summed E-state index contributed by atoms with van der Waals surface area (Å²) in [6, 6.07) is 6.04. The molecule has 18 heavy (non-hydrogen) atoms. The van der Waals surface area contributed by atoms with Crippen LogP contribution in [0.2, 0.25) is 0 Å². The molecule has 0 saturated heterocycles. The van der Waals surface area contributed by atoms with Crippen LogP contribution in [-0.4, -0.2) is 22.9 Å². The lowest BCUT2D eigenvalue weighted by Gasteiger charge is -2.23. The fourth-order valence-corrected chi connectivity index (χ4v) is 2.29. The van der Waals surface area contributed by atoms with Crippen LogP contribution in [0.15, 0.2) is 18.2 Å². The number of nitrogens with zero attached hydrogens (tertiary/aromatic N) is 1. The molecule has 1 heterocycles. The Morgan fingerprint density at radius 1 is 1.28 bits per heavy atom. The second-order valence-corrected chi connectivity index (χ2v) is 5.27. The summed E-state index contributed by atoms with van der Waals surface area (Å²) in [4.78, 5) is 14.1. The number of benzene rings is 1. The zero-order valence-corrected chi connectivity index (χ0v) is 11.2. The molecule has 0 aliphatic carbocycles. The summed E-state index contributed by atoms with van der Waals surface area (Å²) in [5.74, 6) is 0.0887. The van der Waals surface area contributed by atoms with Gasteiger partial charge in [-0.05, 0) is 44.0 Å². The van der Waals surface area contributed by atoms with E-state index in [0.717, 1.165) is 18.8 Å². The van der Waals surface area contributed by atoms with Crippen LogP contribution < -0.4 is 11.1 Å². The maximum Gasteiger partial charge on any atom is 0.237 e. The van der Waals surface area contributed by atoms with Crippen molar-refractivity contribution in [1.29, 1.82) is 0 Å². The average Bonchev–Trinajstić information content (AvgIpc) is 2.69. The van der Waals surface area contributed by atoms with E-state index in [9.17, 15) is 4.79 Å². The number of nitrogens with two attached hydrogens (primary N) is 1. The van der Waals surface area contributed by atoms with Crippen LogP contribution in [0.5, 0.6) is 0 Å². The topological polar surface area (TPSA) is 58.4 Å². The van der Waals surface area contributed by atoms with Crippen molar-refractivity contribution in [3.8, 4) is 0 Å². The number of hydrogen-bond donors (Lipinski definition) is 2. The van der Waals surface area contributed by atoms with Gasteiger partial charge in [-0.2, -0.15) is 0 Å². The molecule has 3 N–H and O–H groups in total. The maximum atomic E-state index is 12.0. The minimum absolute atomic E-state index is 0.0887. The van der Waals surface area contributed by atoms with Crippen molar-refractivity contribution in [2.24, 2.45) is 0 Å². The van der Waals surface area contributed by atoms with Crippen molar-refractivity contribution in [3.05, 3.63) is 29.3 Å². The highest BCUT2D eigenvalue weighted by Gasteiger charge is 2.27. The molecular weight excluding hydrogens is 226 g/mol. The first-order valence-corrected chi connectivity index (χ1v) is 6.39. The second kappa shape index (κ2) is 4.98. The maximum absolute atomic E-state index is 12.0. The molecule has 4 heteroatoms. The number of carbonyl (C=O) groups is 1. The van der Waals surface area contributed by atoms with Crippen molar-refractivity contribution in [2.75, 3.05) is 5.73 Å². The van der Waals surface area contributed by atoms with Crippen LogP contribution in [0, 0.1) is 0 Å². The van der Waals surface area contributed by atoms with Gasteiger partial charge in [-0.25, -0.2) is 0 Å². The molecule has 1 aliphatic heterocycles. The predicted octanol–water partition coefficient (Wildman–Crippen LogP) is 1.50. The zero-order valence-electron chi connectivity index (χ0n) is 11.2. The van der Waals surface area contributed by atoms with Gasteiger partial charge in [-0.3, -0.25) is 9.69 Å². The first kappa shape index (κ1) is 12.9. The average molecular weight is 247 g/mol. The third-order valence-electron chi connectivity index (χ3n) is 3.34. The quantitative estimate of drug-likeness (QED) is 0.796. The van der Waals surface area contributed by atoms with Gasteiger partial charge in [0, 0.05) is 24.8 Å². The standard InChI is InChI=1S/C14H21N3O/c1-9(2)16-14(18)10(3)17-7-11-4-5-13(15)6-12(11)8-17/h4-6,9-10H,7-8,15H2,1-3H3,(H,16,18). The van der Waals surface area contributed by atoms with Crippen LogP contribution in [0.1, 0.15) is 31.9 Å². The van der Waals surface area contributed by atoms with Crippen LogP contribution in [-0.2, 0) is 17.9 Å². The fraction of sp³-hybridized carbons (Fsp3) is 0.500. The molecule has 1 atom stereocenters. The molecule has 0 spiro atoms. The van der Waals surface area contributed by atoms with E-state index in [2.05, 4.69) is 16.3 Å². The second-order valence-electron chi connectivity index (χ2n) is 5.27. The molecule has 2 rings (SSSR count). The van der Waals surface area contributed by atoms with Gasteiger partial charge in [-0.1, -0.05) is 6.07 Å². The molecule has 4 nitrogen and oxygen atoms in total. The molecule has 1 aliphatic rings. The van der Waals surface area contributed by atoms with Crippen molar-refractivity contribution < 1.29 is 4.79 Å². The van der Waals surface area contributed by atoms with E-state index in [0.29, 0.717) is 0 Å². The Balaban J connectivity index is 2.04. The molecule has 0 aromatic heterocycles. The van der Waals surface area contributed by atoms with Gasteiger partial charge in [0.25, 0.3) is 0 Å². The highest BCUT2D eigenvalue weighted by Crippen LogP contribution is 2.26. The number of amides is 1. The summed E-state index contributed by atoms with van der Waals surface area (Å²) in [5.41, 5.74) is 9.07. The summed E-state index contributed by atoms with van der Waals surface area (Å²) in [6.07, 6.45) is 0. The Bertz CT molecular complexity index is 456. The van der Waals surface area contributed by atoms with E-state index in [1.165, 1.54) is 11.1 Å². The lowest BCUT2D eigenvalue weighted by atomic mass is 10.1. The Morgan fingerprint density at radius 3 is 2.61 bits per heavy atom. The number of fused-ring (bicyclic) bond motifs is 1. The molecule has 0 bridgehead atoms. The van der Waals surface area contributed by atoms with Crippen LogP contribution in [0.25, 0.3) is 0 Å². The summed E-state index contributed by atoms with van der Waals surface area (Å²) in [5, 5.41) is 2.95. The first-order chi connectivity index (χ1) is 8.47. The van der Waals surface area contributed by atoms with Crippen LogP contribution in [0.3, 0.4) is 0 Å². The zero-order chi connectivity index (χ0) is 13.3. The van der Waals surface area contributed by atoms with E-state index in [1.54, 1.807) is 0 Å². The van der Waals surface area contributed by atoms with Crippen molar-refractivity contribution in [1.82, 2.24) is 10.2 Å². The van der Waals surface area contributed by atoms with Gasteiger partial charge in [0.05, 0.1) is 6.04 Å². The van der Waals surface area contributed by atoms with Crippen molar-refractivity contribution in [2.45, 2.75) is 45.9 Å². The summed E-state index contributed by atoms with van der Waals surface area (Å²) in [6.45, 7) is 7.52. The third-order valence-corrected chi connectivity index (χ3v) is 3.34. The molecule has 98 valence electrons. The predicted molar refractivity (Wildman–Crippen MR) is 72.8 cm³/mol. The molecule has 1 aromatic rings. The normalized spacial score (nSPS) is 16.7. The highest BCUT2D eigenvalue weighted by molar-refractivity contribution is 5.81. The Labute approximate surface area is 108 Å². The number of nitrogens with one attached hydrogen (secondary N) is 1. The van der Waals surface area contributed by atoms with E-state index >= 15 is 0 Å². The van der Waals surface area contributed by atoms with Crippen molar-refractivity contribution in [3.63, 3.8) is 0 Å². The molecule has 0 radical (unpaired) electrons. The monoisotopic (exact) mass is 247 g/mol. The minimum Gasteiger partial charge on any atom is -0.399 e. The number of nitrogen functional groups attached to an aromatic ring is 1. The van der Waals surface area contributed by atoms with Crippen molar-refractivity contribution >= 4 is 11.6 Å². The SMILES string of the molecule is CC(C)NC(=O)C(C)N1Cc2ccc(N)cc2C1. The number of anilines is 1. The summed E-state index contributed by atoms with van der Waals surface area (Å²) in [7, 11) is 0. The van der Waals surface area contributed by atoms with Gasteiger partial charge in [0.1, 0.15) is 0 Å².